The standard InChI is InChI=1S/C91H135N11O15/c1-25-27-38-60(15)79(103)78(102(24)89(113)77(59(13)14)101(23)87(111)75(50-57(9)10)100(22)86(110)74(49-56(7)8)99(21)83(107)61(16)92-91(115)117-53-69-67-45-36-34-43-65(67)66-44-35-37-46-68(66)69)82(106)93-70(26-2)85(109)96(18)62(17)84(108)97(19)73(48-55(5)6)81(105)95-76(58(11)12)88(112)98(20)72(47-54(3)4)80(104)94-71(51-63-39-30-28-31-40-63)90(114)116-52-64-41-32-29-33-42-64/h25,27-37,39-46,54-62,69-79,103H,26,38,47-53H2,1-24H3,(H,92,115)(H,93,106)(H,94,104)(H,95,105)/b27-25+/t60-,61-,62-,70+,71+,72+,73+,74+,75+,76+,77+,78+,79-/m1/s1. The Labute approximate surface area is 695 Å². The lowest BCUT2D eigenvalue weighted by molar-refractivity contribution is -0.157. The maximum absolute atomic E-state index is 15.5. The number of likely N-dealkylation sites (N-methyl/N-ethyl adjacent to an activating group) is 7. The van der Waals surface area contributed by atoms with E-state index in [1.54, 1.807) is 60.6 Å². The molecule has 0 saturated carbocycles. The lowest BCUT2D eigenvalue weighted by Gasteiger charge is -2.41. The van der Waals surface area contributed by atoms with Gasteiger partial charge in [0, 0.05) is 61.7 Å². The van der Waals surface area contributed by atoms with Gasteiger partial charge in [0.05, 0.1) is 6.10 Å². The molecule has 11 amide bonds. The number of benzene rings is 4. The number of hydrogen-bond donors (Lipinski definition) is 5. The van der Waals surface area contributed by atoms with E-state index in [4.69, 9.17) is 9.47 Å². The molecule has 26 nitrogen and oxygen atoms in total. The molecular formula is C91H135N11O15. The molecule has 0 saturated heterocycles. The van der Waals surface area contributed by atoms with E-state index in [0.29, 0.717) is 0 Å². The molecule has 0 bridgehead atoms. The molecule has 26 heteroatoms. The molecular weight excluding hydrogens is 1490 g/mol. The lowest BCUT2D eigenvalue weighted by Crippen LogP contribution is -2.64. The zero-order valence-corrected chi connectivity index (χ0v) is 73.8. The maximum atomic E-state index is 15.5. The summed E-state index contributed by atoms with van der Waals surface area (Å²) >= 11 is 0. The zero-order chi connectivity index (χ0) is 87.7. The number of ether oxygens (including phenoxy) is 2. The molecule has 5 N–H and O–H groups in total. The molecule has 644 valence electrons. The Kier molecular flexibility index (Phi) is 38.1. The number of alkyl carbamates (subject to hydrolysis) is 1. The van der Waals surface area contributed by atoms with Crippen LogP contribution in [-0.2, 0) is 75.2 Å². The van der Waals surface area contributed by atoms with E-state index >= 15 is 19.2 Å². The van der Waals surface area contributed by atoms with Gasteiger partial charge in [-0.3, -0.25) is 47.9 Å². The Morgan fingerprint density at radius 1 is 0.427 bits per heavy atom. The average Bonchev–Trinajstić information content (AvgIpc) is 1.60. The van der Waals surface area contributed by atoms with Gasteiger partial charge in [-0.1, -0.05) is 218 Å². The third kappa shape index (κ3) is 26.5. The number of aliphatic hydroxyl groups excluding tert-OH is 1. The van der Waals surface area contributed by atoms with Crippen LogP contribution < -0.4 is 21.3 Å². The normalized spacial score (nSPS) is 15.4. The van der Waals surface area contributed by atoms with Crippen LogP contribution in [0.2, 0.25) is 0 Å². The van der Waals surface area contributed by atoms with Crippen LogP contribution in [0, 0.1) is 41.4 Å². The number of carbonyl (C=O) groups is 12. The van der Waals surface area contributed by atoms with Crippen molar-refractivity contribution in [2.75, 3.05) is 55.9 Å². The number of nitrogens with one attached hydrogen (secondary N) is 4. The van der Waals surface area contributed by atoms with E-state index in [9.17, 15) is 43.5 Å². The second kappa shape index (κ2) is 45.7. The number of carbonyl (C=O) groups excluding carboxylic acids is 12. The van der Waals surface area contributed by atoms with Crippen molar-refractivity contribution in [2.24, 2.45) is 41.4 Å². The predicted molar refractivity (Wildman–Crippen MR) is 454 cm³/mol. The van der Waals surface area contributed by atoms with Crippen LogP contribution in [0.5, 0.6) is 0 Å². The number of allylic oxidation sites excluding steroid dienone is 2. The van der Waals surface area contributed by atoms with E-state index in [0.717, 1.165) is 43.2 Å². The Balaban J connectivity index is 1.34. The van der Waals surface area contributed by atoms with Crippen LogP contribution in [-0.4, -0.2) is 239 Å². The van der Waals surface area contributed by atoms with Crippen molar-refractivity contribution in [3.8, 4) is 11.1 Å². The number of esters is 1. The summed E-state index contributed by atoms with van der Waals surface area (Å²) in [5.41, 5.74) is 5.67. The van der Waals surface area contributed by atoms with Gasteiger partial charge in [-0.15, -0.1) is 0 Å². The molecule has 4 aromatic rings. The highest BCUT2D eigenvalue weighted by Crippen LogP contribution is 2.44. The molecule has 0 heterocycles. The van der Waals surface area contributed by atoms with Gasteiger partial charge in [0.25, 0.3) is 0 Å². The third-order valence-electron chi connectivity index (χ3n) is 22.2. The van der Waals surface area contributed by atoms with Crippen LogP contribution in [0.25, 0.3) is 11.1 Å². The van der Waals surface area contributed by atoms with E-state index in [-0.39, 0.29) is 87.7 Å². The minimum atomic E-state index is -1.67. The number of nitrogens with zero attached hydrogens (tertiary/aromatic N) is 7. The first-order chi connectivity index (χ1) is 55.0. The molecule has 13 atom stereocenters. The third-order valence-corrected chi connectivity index (χ3v) is 22.2. The van der Waals surface area contributed by atoms with Gasteiger partial charge in [0.2, 0.25) is 59.1 Å². The average molecular weight is 1620 g/mol. The number of aliphatic hydroxyl groups is 1. The Morgan fingerprint density at radius 2 is 0.855 bits per heavy atom. The van der Waals surface area contributed by atoms with Crippen molar-refractivity contribution in [1.29, 1.82) is 0 Å². The highest BCUT2D eigenvalue weighted by Gasteiger charge is 2.47. The molecule has 0 aromatic heterocycles. The molecule has 1 aliphatic rings. The van der Waals surface area contributed by atoms with Crippen molar-refractivity contribution in [3.05, 3.63) is 144 Å². The van der Waals surface area contributed by atoms with Gasteiger partial charge in [-0.25, -0.2) is 9.59 Å². The Bertz CT molecular complexity index is 3970. The second-order valence-corrected chi connectivity index (χ2v) is 34.0. The number of fused-ring (bicyclic) bond motifs is 3. The van der Waals surface area contributed by atoms with Gasteiger partial charge in [-0.2, -0.15) is 0 Å². The fourth-order valence-corrected chi connectivity index (χ4v) is 15.1. The summed E-state index contributed by atoms with van der Waals surface area (Å²) in [7, 11) is 10.0. The molecule has 0 spiro atoms. The lowest BCUT2D eigenvalue weighted by atomic mass is 9.91. The van der Waals surface area contributed by atoms with Crippen LogP contribution in [0.1, 0.15) is 184 Å². The summed E-state index contributed by atoms with van der Waals surface area (Å²) in [6, 6.07) is 20.5. The number of hydrogen-bond acceptors (Lipinski definition) is 15. The molecule has 0 fully saturated rings. The van der Waals surface area contributed by atoms with Crippen molar-refractivity contribution < 1.29 is 72.1 Å². The van der Waals surface area contributed by atoms with E-state index < -0.39 is 161 Å². The first-order valence-electron chi connectivity index (χ1n) is 41.5. The molecule has 0 radical (unpaired) electrons. The monoisotopic (exact) mass is 1620 g/mol. The van der Waals surface area contributed by atoms with Crippen molar-refractivity contribution >= 4 is 71.1 Å². The SMILES string of the molecule is C/C=C/C[C@@H](C)[C@@H](O)[C@@H](C(=O)N[C@@H](CC)C(=O)N(C)[C@H](C)C(=O)N(C)[C@@H](CC(C)C)C(=O)N[C@H](C(=O)N(C)[C@@H](CC(C)C)C(=O)N[C@@H](Cc1ccccc1)C(=O)OCc1ccccc1)C(C)C)N(C)C(=O)[C@H](C(C)C)N(C)C(=O)[C@H](CC(C)C)N(C)C(=O)[C@H](CC(C)C)N(C)C(=O)[C@@H](C)NC(=O)OCC1c2ccccc2-c2ccccc21. The van der Waals surface area contributed by atoms with E-state index in [1.165, 1.54) is 87.7 Å². The Morgan fingerprint density at radius 3 is 1.33 bits per heavy atom. The molecule has 117 heavy (non-hydrogen) atoms. The van der Waals surface area contributed by atoms with Crippen LogP contribution in [0.4, 0.5) is 4.79 Å². The van der Waals surface area contributed by atoms with Gasteiger partial charge in [0.15, 0.2) is 0 Å². The summed E-state index contributed by atoms with van der Waals surface area (Å²) in [5.74, 6) is -9.99. The largest absolute Gasteiger partial charge is 0.459 e. The minimum Gasteiger partial charge on any atom is -0.459 e. The van der Waals surface area contributed by atoms with Gasteiger partial charge in [0.1, 0.15) is 79.7 Å². The van der Waals surface area contributed by atoms with E-state index in [2.05, 4.69) is 21.3 Å². The highest BCUT2D eigenvalue weighted by molar-refractivity contribution is 5.99. The minimum absolute atomic E-state index is 0.0150. The van der Waals surface area contributed by atoms with Gasteiger partial charge < -0.3 is 70.1 Å². The van der Waals surface area contributed by atoms with Gasteiger partial charge in [-0.05, 0) is 134 Å². The summed E-state index contributed by atoms with van der Waals surface area (Å²) in [6.45, 7) is 30.1. The highest BCUT2D eigenvalue weighted by atomic mass is 16.5. The molecule has 0 aliphatic heterocycles. The Hall–Kier alpha value is -9.98. The van der Waals surface area contributed by atoms with Crippen molar-refractivity contribution in [3.63, 3.8) is 0 Å². The fourth-order valence-electron chi connectivity index (χ4n) is 15.1. The maximum Gasteiger partial charge on any atom is 0.407 e. The van der Waals surface area contributed by atoms with Crippen LogP contribution in [0.3, 0.4) is 0 Å². The van der Waals surface area contributed by atoms with Crippen LogP contribution >= 0.6 is 0 Å². The first kappa shape index (κ1) is 97.6. The summed E-state index contributed by atoms with van der Waals surface area (Å²) in [6.07, 6.45) is 2.18. The zero-order valence-electron chi connectivity index (χ0n) is 73.8. The number of rotatable bonds is 43. The molecule has 0 unspecified atom stereocenters. The molecule has 1 aliphatic carbocycles. The number of amides is 11. The smallest absolute Gasteiger partial charge is 0.407 e. The first-order valence-corrected chi connectivity index (χ1v) is 41.5. The molecule has 4 aromatic carbocycles. The summed E-state index contributed by atoms with van der Waals surface area (Å²) < 4.78 is 11.5. The van der Waals surface area contributed by atoms with Gasteiger partial charge >= 0.3 is 12.1 Å². The quantitative estimate of drug-likeness (QED) is 0.0203. The van der Waals surface area contributed by atoms with Crippen LogP contribution in [0.15, 0.2) is 121 Å². The topological polar surface area (TPSA) is 314 Å². The molecule has 5 rings (SSSR count). The second-order valence-electron chi connectivity index (χ2n) is 34.0. The summed E-state index contributed by atoms with van der Waals surface area (Å²) in [5, 5.41) is 23.6. The summed E-state index contributed by atoms with van der Waals surface area (Å²) in [4.78, 5) is 186. The van der Waals surface area contributed by atoms with Crippen molar-refractivity contribution in [2.45, 2.75) is 248 Å². The van der Waals surface area contributed by atoms with Crippen molar-refractivity contribution in [1.82, 2.24) is 55.6 Å². The predicted octanol–water partition coefficient (Wildman–Crippen LogP) is 10.0. The fraction of sp³-hybridized carbons (Fsp3) is 0.582. The van der Waals surface area contributed by atoms with E-state index in [1.807, 2.05) is 165 Å².